The van der Waals surface area contributed by atoms with E-state index in [-0.39, 0.29) is 39.6 Å². The zero-order valence-electron chi connectivity index (χ0n) is 52.2. The first-order valence-electron chi connectivity index (χ1n) is 27.8. The van der Waals surface area contributed by atoms with Gasteiger partial charge in [-0.15, -0.1) is 0 Å². The number of ether oxygens (including phenoxy) is 8. The van der Waals surface area contributed by atoms with Crippen LogP contribution in [0.1, 0.15) is 67.2 Å². The molecule has 0 aliphatic carbocycles. The zero-order valence-corrected chi connectivity index (χ0v) is 52.2. The monoisotopic (exact) mass is 1210 g/mol. The standard InChI is InChI=1S/2C13H12.3C11H14O4.C5H12O3.C2H6.3CH4O/c2*1-3-7-12(8-4-1)11-13-9-5-2-6-10-13;3*1-14-7-10(12)8-15-11(13)9-5-3-2-4-6-9;1-7-3-5(6)4-8-2;4*1-2/h2*1-10H,11H2;3*2-6,10,12H,7-8H2,1H3;5-6H,3-4H2,1-2H3;1-2H3;3*2H,1H3. The Kier molecular flexibility index (Phi) is 59.2. The van der Waals surface area contributed by atoms with Crippen LogP contribution in [0.3, 0.4) is 0 Å². The molecule has 0 saturated carbocycles. The van der Waals surface area contributed by atoms with E-state index in [4.69, 9.17) is 48.8 Å². The lowest BCUT2D eigenvalue weighted by Gasteiger charge is -2.09. The van der Waals surface area contributed by atoms with Crippen LogP contribution in [0.2, 0.25) is 0 Å². The minimum atomic E-state index is -0.775. The van der Waals surface area contributed by atoms with Crippen molar-refractivity contribution < 1.29 is 88.0 Å². The van der Waals surface area contributed by atoms with Gasteiger partial charge in [0.25, 0.3) is 0 Å². The van der Waals surface area contributed by atoms with Crippen LogP contribution in [0.25, 0.3) is 0 Å². The highest BCUT2D eigenvalue weighted by atomic mass is 16.6. The van der Waals surface area contributed by atoms with Crippen molar-refractivity contribution in [2.24, 2.45) is 0 Å². The molecule has 0 aromatic heterocycles. The molecule has 18 nitrogen and oxygen atoms in total. The number of rotatable bonds is 23. The van der Waals surface area contributed by atoms with Gasteiger partial charge in [0.2, 0.25) is 0 Å². The van der Waals surface area contributed by atoms with Crippen LogP contribution >= 0.6 is 0 Å². The average Bonchev–Trinajstić information content (AvgIpc) is 3.66. The lowest BCUT2D eigenvalue weighted by molar-refractivity contribution is -0.0000306. The van der Waals surface area contributed by atoms with Crippen molar-refractivity contribution in [1.82, 2.24) is 0 Å². The second-order valence-electron chi connectivity index (χ2n) is 17.1. The van der Waals surface area contributed by atoms with E-state index in [2.05, 4.69) is 131 Å². The Morgan fingerprint density at radius 1 is 0.276 bits per heavy atom. The van der Waals surface area contributed by atoms with Crippen LogP contribution in [-0.2, 0) is 50.7 Å². The molecule has 0 bridgehead atoms. The smallest absolute Gasteiger partial charge is 0.338 e. The molecule has 0 aliphatic rings. The second-order valence-corrected chi connectivity index (χ2v) is 17.1. The fourth-order valence-electron chi connectivity index (χ4n) is 6.50. The number of aliphatic hydroxyl groups excluding tert-OH is 7. The van der Waals surface area contributed by atoms with Gasteiger partial charge < -0.3 is 73.6 Å². The Morgan fingerprint density at radius 2 is 0.425 bits per heavy atom. The summed E-state index contributed by atoms with van der Waals surface area (Å²) < 4.78 is 38.0. The molecule has 7 rings (SSSR count). The van der Waals surface area contributed by atoms with Crippen LogP contribution < -0.4 is 0 Å². The van der Waals surface area contributed by atoms with Gasteiger partial charge in [0.15, 0.2) is 0 Å². The summed E-state index contributed by atoms with van der Waals surface area (Å²) in [4.78, 5) is 34.1. The molecular formula is C69H96O18. The molecule has 3 atom stereocenters. The third-order valence-electron chi connectivity index (χ3n) is 10.2. The minimum absolute atomic E-state index is 0.0540. The number of hydrogen-bond donors (Lipinski definition) is 7. The maximum Gasteiger partial charge on any atom is 0.338 e. The summed E-state index contributed by atoms with van der Waals surface area (Å²) in [6.45, 7) is 4.98. The van der Waals surface area contributed by atoms with Gasteiger partial charge in [-0.1, -0.05) is 190 Å². The van der Waals surface area contributed by atoms with E-state index in [1.54, 1.807) is 87.0 Å². The third-order valence-corrected chi connectivity index (χ3v) is 10.2. The number of esters is 3. The van der Waals surface area contributed by atoms with Crippen molar-refractivity contribution in [2.45, 2.75) is 51.1 Å². The molecule has 7 aromatic rings. The van der Waals surface area contributed by atoms with Crippen molar-refractivity contribution >= 4 is 17.9 Å². The highest BCUT2D eigenvalue weighted by molar-refractivity contribution is 5.90. The molecule has 0 spiro atoms. The molecule has 7 N–H and O–H groups in total. The fraction of sp³-hybridized carbons (Fsp3) is 0.348. The van der Waals surface area contributed by atoms with Gasteiger partial charge in [-0.3, -0.25) is 0 Å². The molecule has 0 saturated heterocycles. The highest BCUT2D eigenvalue weighted by Gasteiger charge is 2.12. The van der Waals surface area contributed by atoms with Gasteiger partial charge in [0.05, 0.1) is 49.7 Å². The van der Waals surface area contributed by atoms with E-state index in [0.717, 1.165) is 34.2 Å². The molecule has 0 fully saturated rings. The highest BCUT2D eigenvalue weighted by Crippen LogP contribution is 2.10. The molecule has 87 heavy (non-hydrogen) atoms. The van der Waals surface area contributed by atoms with E-state index in [0.29, 0.717) is 29.9 Å². The summed E-state index contributed by atoms with van der Waals surface area (Å²) in [5, 5.41) is 57.5. The number of aliphatic hydroxyl groups is 7. The summed E-state index contributed by atoms with van der Waals surface area (Å²) in [6.07, 6.45) is -0.749. The predicted molar refractivity (Wildman–Crippen MR) is 341 cm³/mol. The van der Waals surface area contributed by atoms with Crippen LogP contribution in [-0.4, -0.2) is 188 Å². The van der Waals surface area contributed by atoms with E-state index in [1.165, 1.54) is 43.6 Å². The molecular weight excluding hydrogens is 1120 g/mol. The van der Waals surface area contributed by atoms with Crippen LogP contribution in [0.4, 0.5) is 0 Å². The van der Waals surface area contributed by atoms with E-state index in [1.807, 2.05) is 32.0 Å². The quantitative estimate of drug-likeness (QED) is 0.0233. The number of methoxy groups -OCH3 is 5. The molecule has 0 amide bonds. The maximum atomic E-state index is 11.4. The van der Waals surface area contributed by atoms with Crippen molar-refractivity contribution in [2.75, 3.05) is 110 Å². The third kappa shape index (κ3) is 47.3. The predicted octanol–water partition coefficient (Wildman–Crippen LogP) is 8.60. The van der Waals surface area contributed by atoms with Crippen molar-refractivity contribution in [3.05, 3.63) is 251 Å². The fourth-order valence-corrected chi connectivity index (χ4v) is 6.50. The Labute approximate surface area is 516 Å². The summed E-state index contributed by atoms with van der Waals surface area (Å²) >= 11 is 0. The molecule has 0 aliphatic heterocycles. The Morgan fingerprint density at radius 3 is 0.586 bits per heavy atom. The van der Waals surface area contributed by atoms with Gasteiger partial charge in [0.1, 0.15) is 44.2 Å². The van der Waals surface area contributed by atoms with Gasteiger partial charge in [-0.05, 0) is 71.5 Å². The van der Waals surface area contributed by atoms with Gasteiger partial charge in [0, 0.05) is 56.9 Å². The Bertz CT molecular complexity index is 2230. The molecule has 18 heteroatoms. The first-order valence-corrected chi connectivity index (χ1v) is 27.8. The topological polar surface area (TPSA) is 267 Å². The van der Waals surface area contributed by atoms with Crippen molar-refractivity contribution in [3.8, 4) is 0 Å². The minimum Gasteiger partial charge on any atom is -0.459 e. The molecule has 3 unspecified atom stereocenters. The Hall–Kier alpha value is -7.53. The van der Waals surface area contributed by atoms with E-state index < -0.39 is 42.3 Å². The lowest BCUT2D eigenvalue weighted by atomic mass is 10.1. The second kappa shape index (κ2) is 61.6. The molecule has 7 aromatic carbocycles. The Balaban J connectivity index is -0.000000957. The van der Waals surface area contributed by atoms with Crippen LogP contribution in [0.5, 0.6) is 0 Å². The largest absolute Gasteiger partial charge is 0.459 e. The first kappa shape index (κ1) is 83.7. The zero-order chi connectivity index (χ0) is 65.6. The van der Waals surface area contributed by atoms with Crippen molar-refractivity contribution in [3.63, 3.8) is 0 Å². The van der Waals surface area contributed by atoms with Gasteiger partial charge in [-0.25, -0.2) is 14.4 Å². The number of benzene rings is 7. The van der Waals surface area contributed by atoms with Crippen molar-refractivity contribution in [1.29, 1.82) is 0 Å². The lowest BCUT2D eigenvalue weighted by Crippen LogP contribution is -2.23. The maximum absolute atomic E-state index is 11.4. The normalized spacial score (nSPS) is 10.5. The SMILES string of the molecule is CC.CO.CO.CO.COCC(O)COC.COCC(O)COC(=O)c1ccccc1.COCC(O)COC(=O)c1ccccc1.COCC(O)COC(=O)c1ccccc1.c1ccc(Cc2ccccc2)cc1.c1ccc(Cc2ccccc2)cc1. The summed E-state index contributed by atoms with van der Waals surface area (Å²) in [5.74, 6) is -1.32. The summed E-state index contributed by atoms with van der Waals surface area (Å²) in [7, 11) is 10.5. The number of carbonyl (C=O) groups excluding carboxylic acids is 3. The molecule has 480 valence electrons. The van der Waals surface area contributed by atoms with Gasteiger partial charge >= 0.3 is 17.9 Å². The first-order chi connectivity index (χ1) is 42.4. The molecule has 0 radical (unpaired) electrons. The van der Waals surface area contributed by atoms with E-state index >= 15 is 0 Å². The summed E-state index contributed by atoms with van der Waals surface area (Å²) in [6, 6.07) is 68.0. The van der Waals surface area contributed by atoms with E-state index in [9.17, 15) is 29.7 Å². The number of hydrogen-bond acceptors (Lipinski definition) is 18. The summed E-state index contributed by atoms with van der Waals surface area (Å²) in [5.41, 5.74) is 6.90. The van der Waals surface area contributed by atoms with Crippen LogP contribution in [0, 0.1) is 0 Å². The average molecular weight is 1210 g/mol. The molecule has 0 heterocycles. The number of carbonyl (C=O) groups is 3. The van der Waals surface area contributed by atoms with Crippen LogP contribution in [0.15, 0.2) is 212 Å². The van der Waals surface area contributed by atoms with Gasteiger partial charge in [-0.2, -0.15) is 0 Å².